The van der Waals surface area contributed by atoms with Crippen molar-refractivity contribution in [3.05, 3.63) is 88.7 Å². The van der Waals surface area contributed by atoms with Crippen LogP contribution < -0.4 is 14.2 Å². The third-order valence-electron chi connectivity index (χ3n) is 4.35. The van der Waals surface area contributed by atoms with Crippen molar-refractivity contribution in [2.24, 2.45) is 0 Å². The highest BCUT2D eigenvalue weighted by atomic mass is 35.5. The minimum absolute atomic E-state index is 0.0665. The number of amides is 1. The van der Waals surface area contributed by atoms with Crippen molar-refractivity contribution in [1.29, 1.82) is 5.26 Å². The molecule has 34 heavy (non-hydrogen) atoms. The summed E-state index contributed by atoms with van der Waals surface area (Å²) in [6, 6.07) is 16.6. The Bertz CT molecular complexity index is 1370. The number of ether oxygens (including phenoxy) is 1. The number of hydrogen-bond acceptors (Lipinski definition) is 6. The van der Waals surface area contributed by atoms with Gasteiger partial charge >= 0.3 is 10.1 Å². The monoisotopic (exact) mass is 500 g/mol. The number of halogens is 2. The normalized spacial score (nSPS) is 11.4. The molecular weight excluding hydrogens is 483 g/mol. The summed E-state index contributed by atoms with van der Waals surface area (Å²) >= 11 is 5.81. The Labute approximate surface area is 201 Å². The number of nitrogens with zero attached hydrogens (tertiary/aromatic N) is 1. The van der Waals surface area contributed by atoms with Crippen LogP contribution in [0.4, 0.5) is 10.1 Å². The molecule has 0 aromatic heterocycles. The van der Waals surface area contributed by atoms with E-state index in [1.54, 1.807) is 6.92 Å². The van der Waals surface area contributed by atoms with Crippen LogP contribution in [0.1, 0.15) is 12.5 Å². The van der Waals surface area contributed by atoms with E-state index in [-0.39, 0.29) is 28.6 Å². The Morgan fingerprint density at radius 2 is 1.76 bits per heavy atom. The van der Waals surface area contributed by atoms with Crippen LogP contribution in [0.15, 0.2) is 77.2 Å². The van der Waals surface area contributed by atoms with Gasteiger partial charge in [0, 0.05) is 10.7 Å². The summed E-state index contributed by atoms with van der Waals surface area (Å²) in [5, 5.41) is 12.3. The maximum absolute atomic E-state index is 13.0. The number of nitriles is 1. The van der Waals surface area contributed by atoms with Crippen molar-refractivity contribution in [3.63, 3.8) is 0 Å². The van der Waals surface area contributed by atoms with Gasteiger partial charge in [0.05, 0.1) is 6.61 Å². The van der Waals surface area contributed by atoms with E-state index in [0.29, 0.717) is 16.3 Å². The number of nitrogens with one attached hydrogen (secondary N) is 1. The Balaban J connectivity index is 1.86. The van der Waals surface area contributed by atoms with E-state index in [4.69, 9.17) is 20.5 Å². The molecule has 0 radical (unpaired) electrons. The lowest BCUT2D eigenvalue weighted by Crippen LogP contribution is -2.13. The number of anilines is 1. The maximum Gasteiger partial charge on any atom is 0.339 e. The predicted octanol–water partition coefficient (Wildman–Crippen LogP) is 5.19. The van der Waals surface area contributed by atoms with Gasteiger partial charge in [-0.25, -0.2) is 4.39 Å². The second kappa shape index (κ2) is 10.8. The molecule has 0 saturated heterocycles. The number of benzene rings is 3. The number of rotatable bonds is 8. The molecule has 0 bridgehead atoms. The zero-order valence-corrected chi connectivity index (χ0v) is 19.4. The highest BCUT2D eigenvalue weighted by Crippen LogP contribution is 2.32. The van der Waals surface area contributed by atoms with E-state index in [2.05, 4.69) is 5.32 Å². The molecule has 0 fully saturated rings. The molecule has 3 aromatic carbocycles. The molecule has 0 aliphatic carbocycles. The fourth-order valence-electron chi connectivity index (χ4n) is 2.77. The average Bonchev–Trinajstić information content (AvgIpc) is 2.81. The van der Waals surface area contributed by atoms with Crippen molar-refractivity contribution in [1.82, 2.24) is 0 Å². The van der Waals surface area contributed by atoms with Crippen LogP contribution in [0.5, 0.6) is 11.5 Å². The Morgan fingerprint density at radius 1 is 1.09 bits per heavy atom. The molecule has 0 heterocycles. The van der Waals surface area contributed by atoms with Gasteiger partial charge in [0.25, 0.3) is 5.91 Å². The summed E-state index contributed by atoms with van der Waals surface area (Å²) in [7, 11) is -4.16. The second-order valence-electron chi connectivity index (χ2n) is 6.76. The molecule has 174 valence electrons. The first-order chi connectivity index (χ1) is 16.2. The van der Waals surface area contributed by atoms with E-state index in [1.165, 1.54) is 72.8 Å². The molecule has 10 heteroatoms. The van der Waals surface area contributed by atoms with Gasteiger partial charge in [0.15, 0.2) is 11.5 Å². The van der Waals surface area contributed by atoms with Gasteiger partial charge in [-0.15, -0.1) is 0 Å². The predicted molar refractivity (Wildman–Crippen MR) is 125 cm³/mol. The zero-order valence-electron chi connectivity index (χ0n) is 17.8. The Kier molecular flexibility index (Phi) is 7.89. The molecule has 0 saturated carbocycles. The lowest BCUT2D eigenvalue weighted by Gasteiger charge is -2.13. The molecule has 7 nitrogen and oxygen atoms in total. The number of carbonyl (C=O) groups excluding carboxylic acids is 1. The fourth-order valence-corrected chi connectivity index (χ4v) is 3.83. The molecule has 0 unspecified atom stereocenters. The molecule has 0 aliphatic heterocycles. The standard InChI is InChI=1S/C24H18ClFN2O5S/c1-2-32-23-14-16(13-17(15-27)24(29)28-20-8-6-19(26)7-9-20)3-12-22(23)33-34(30,31)21-10-4-18(25)5-11-21/h3-14H,2H2,1H3,(H,28,29)/b17-13+. The molecular formula is C24H18ClFN2O5S. The van der Waals surface area contributed by atoms with Gasteiger partial charge in [0.1, 0.15) is 22.4 Å². The third kappa shape index (κ3) is 6.34. The van der Waals surface area contributed by atoms with Gasteiger partial charge in [-0.1, -0.05) is 17.7 Å². The van der Waals surface area contributed by atoms with Gasteiger partial charge in [0.2, 0.25) is 0 Å². The molecule has 0 atom stereocenters. The highest BCUT2D eigenvalue weighted by molar-refractivity contribution is 7.87. The van der Waals surface area contributed by atoms with Crippen LogP contribution in [0, 0.1) is 17.1 Å². The molecule has 3 aromatic rings. The van der Waals surface area contributed by atoms with Crippen LogP contribution in [0.25, 0.3) is 6.08 Å². The number of hydrogen-bond donors (Lipinski definition) is 1. The van der Waals surface area contributed by atoms with Crippen LogP contribution >= 0.6 is 11.6 Å². The summed E-state index contributed by atoms with van der Waals surface area (Å²) in [6.07, 6.45) is 1.30. The fraction of sp³-hybridized carbons (Fsp3) is 0.0833. The van der Waals surface area contributed by atoms with Crippen LogP contribution in [0.3, 0.4) is 0 Å². The minimum Gasteiger partial charge on any atom is -0.490 e. The first-order valence-corrected chi connectivity index (χ1v) is 11.7. The highest BCUT2D eigenvalue weighted by Gasteiger charge is 2.20. The molecule has 0 spiro atoms. The van der Waals surface area contributed by atoms with Gasteiger partial charge in [-0.3, -0.25) is 4.79 Å². The Morgan fingerprint density at radius 3 is 2.38 bits per heavy atom. The maximum atomic E-state index is 13.0. The van der Waals surface area contributed by atoms with Crippen LogP contribution in [-0.4, -0.2) is 20.9 Å². The van der Waals surface area contributed by atoms with Crippen molar-refractivity contribution in [2.75, 3.05) is 11.9 Å². The Hall–Kier alpha value is -3.87. The molecule has 1 amide bonds. The minimum atomic E-state index is -4.16. The quantitative estimate of drug-likeness (QED) is 0.259. The van der Waals surface area contributed by atoms with Crippen molar-refractivity contribution in [2.45, 2.75) is 11.8 Å². The summed E-state index contributed by atoms with van der Waals surface area (Å²) < 4.78 is 49.0. The summed E-state index contributed by atoms with van der Waals surface area (Å²) in [6.45, 7) is 1.91. The summed E-state index contributed by atoms with van der Waals surface area (Å²) in [5.41, 5.74) is 0.485. The summed E-state index contributed by atoms with van der Waals surface area (Å²) in [5.74, 6) is -1.12. The van der Waals surface area contributed by atoms with Crippen LogP contribution in [0.2, 0.25) is 5.02 Å². The van der Waals surface area contributed by atoms with Crippen molar-refractivity contribution >= 4 is 39.4 Å². The summed E-state index contributed by atoms with van der Waals surface area (Å²) in [4.78, 5) is 12.3. The first kappa shape index (κ1) is 24.8. The van der Waals surface area contributed by atoms with E-state index in [9.17, 15) is 22.9 Å². The van der Waals surface area contributed by atoms with E-state index >= 15 is 0 Å². The van der Waals surface area contributed by atoms with Crippen molar-refractivity contribution in [3.8, 4) is 17.6 Å². The second-order valence-corrected chi connectivity index (χ2v) is 8.74. The van der Waals surface area contributed by atoms with E-state index in [0.717, 1.165) is 0 Å². The molecule has 1 N–H and O–H groups in total. The first-order valence-electron chi connectivity index (χ1n) is 9.87. The SMILES string of the molecule is CCOc1cc(/C=C(\C#N)C(=O)Nc2ccc(F)cc2)ccc1OS(=O)(=O)c1ccc(Cl)cc1. The largest absolute Gasteiger partial charge is 0.490 e. The van der Waals surface area contributed by atoms with E-state index in [1.807, 2.05) is 6.07 Å². The average molecular weight is 501 g/mol. The van der Waals surface area contributed by atoms with Gasteiger partial charge in [-0.2, -0.15) is 13.7 Å². The number of carbonyl (C=O) groups is 1. The van der Waals surface area contributed by atoms with Gasteiger partial charge < -0.3 is 14.2 Å². The van der Waals surface area contributed by atoms with E-state index < -0.39 is 21.8 Å². The van der Waals surface area contributed by atoms with Crippen molar-refractivity contribution < 1.29 is 26.5 Å². The van der Waals surface area contributed by atoms with Crippen LogP contribution in [-0.2, 0) is 14.9 Å². The zero-order chi connectivity index (χ0) is 24.7. The van der Waals surface area contributed by atoms with Gasteiger partial charge in [-0.05, 0) is 79.2 Å². The molecule has 0 aliphatic rings. The lowest BCUT2D eigenvalue weighted by atomic mass is 10.1. The topological polar surface area (TPSA) is 105 Å². The smallest absolute Gasteiger partial charge is 0.339 e. The molecule has 3 rings (SSSR count). The lowest BCUT2D eigenvalue weighted by molar-refractivity contribution is -0.112. The third-order valence-corrected chi connectivity index (χ3v) is 5.85.